The van der Waals surface area contributed by atoms with E-state index in [0.717, 1.165) is 0 Å². The fraction of sp³-hybridized carbons (Fsp3) is 0.125. The van der Waals surface area contributed by atoms with Crippen molar-refractivity contribution in [1.29, 1.82) is 0 Å². The molecule has 0 aliphatic rings. The van der Waals surface area contributed by atoms with Crippen molar-refractivity contribution in [2.75, 3.05) is 0 Å². The van der Waals surface area contributed by atoms with E-state index in [2.05, 4.69) is 6.58 Å². The van der Waals surface area contributed by atoms with Gasteiger partial charge in [-0.15, -0.1) is 0 Å². The van der Waals surface area contributed by atoms with Crippen molar-refractivity contribution in [1.82, 2.24) is 0 Å². The third-order valence-corrected chi connectivity index (χ3v) is 4.29. The van der Waals surface area contributed by atoms with Crippen molar-refractivity contribution < 1.29 is 18.9 Å². The Bertz CT molecular complexity index is 727. The molecule has 0 saturated carbocycles. The minimum atomic E-state index is -1.55. The summed E-state index contributed by atoms with van der Waals surface area (Å²) in [5.41, 5.74) is 0.743. The molecule has 0 N–H and O–H groups in total. The second kappa shape index (κ2) is 10.4. The van der Waals surface area contributed by atoms with Gasteiger partial charge < -0.3 is 9.05 Å². The maximum Gasteiger partial charge on any atom is 0.274 e. The van der Waals surface area contributed by atoms with E-state index in [4.69, 9.17) is 9.05 Å². The summed E-state index contributed by atoms with van der Waals surface area (Å²) in [7, 11) is -1.55. The molecular weight excluding hydrogens is 358 g/mol. The van der Waals surface area contributed by atoms with E-state index in [1.165, 1.54) is 17.9 Å². The van der Waals surface area contributed by atoms with E-state index < -0.39 is 18.2 Å². The Kier molecular flexibility index (Phi) is 8.58. The highest BCUT2D eigenvalue weighted by Gasteiger charge is 2.17. The molecule has 0 heterocycles. The molecule has 0 amide bonds. The first kappa shape index (κ1) is 21.4. The molecule has 0 unspecified atom stereocenters. The predicted molar refractivity (Wildman–Crippen MR) is 98.6 cm³/mol. The molecule has 8 nitrogen and oxygen atoms in total. The van der Waals surface area contributed by atoms with Crippen LogP contribution in [0.3, 0.4) is 0 Å². The molecule has 3 radical (unpaired) electrons. The summed E-state index contributed by atoms with van der Waals surface area (Å²) in [5.74, 6) is 1.44. The van der Waals surface area contributed by atoms with Gasteiger partial charge >= 0.3 is 0 Å². The van der Waals surface area contributed by atoms with Crippen molar-refractivity contribution >= 4 is 28.2 Å². The molecule has 0 spiro atoms. The summed E-state index contributed by atoms with van der Waals surface area (Å²) < 4.78 is 11.1. The van der Waals surface area contributed by atoms with Crippen LogP contribution < -0.4 is 0 Å². The first-order chi connectivity index (χ1) is 12.0. The van der Waals surface area contributed by atoms with Crippen LogP contribution in [0.2, 0.25) is 0 Å². The zero-order valence-electron chi connectivity index (χ0n) is 13.7. The number of nitro benzene ring substituents is 2. The summed E-state index contributed by atoms with van der Waals surface area (Å²) in [6.07, 6.45) is 0. The lowest BCUT2D eigenvalue weighted by Gasteiger charge is -2.14. The molecule has 133 valence electrons. The quantitative estimate of drug-likeness (QED) is 0.281. The Balaban J connectivity index is 0.00000338. The Morgan fingerprint density at radius 3 is 1.62 bits per heavy atom. The van der Waals surface area contributed by atoms with Gasteiger partial charge in [-0.2, -0.15) is 0 Å². The van der Waals surface area contributed by atoms with Crippen LogP contribution in [0.1, 0.15) is 11.1 Å². The number of hydrogen-bond acceptors (Lipinski definition) is 6. The van der Waals surface area contributed by atoms with Crippen LogP contribution in [-0.2, 0) is 22.3 Å². The average Bonchev–Trinajstić information content (AvgIpc) is 2.62. The number of nitrogens with zero attached hydrogens (tertiary/aromatic N) is 2. The van der Waals surface area contributed by atoms with Crippen LogP contribution in [0.25, 0.3) is 0 Å². The molecule has 0 aliphatic carbocycles. The van der Waals surface area contributed by atoms with E-state index in [9.17, 15) is 20.2 Å². The van der Waals surface area contributed by atoms with E-state index in [-0.39, 0.29) is 33.0 Å². The predicted octanol–water partition coefficient (Wildman–Crippen LogP) is 4.31. The molecule has 0 atom stereocenters. The zero-order chi connectivity index (χ0) is 18.2. The molecular formula is C16H15BN2O6P. The molecule has 0 fully saturated rings. The number of nitro groups is 2. The van der Waals surface area contributed by atoms with E-state index in [0.29, 0.717) is 11.1 Å². The maximum absolute atomic E-state index is 11.0. The van der Waals surface area contributed by atoms with Gasteiger partial charge in [0.2, 0.25) is 0 Å². The second-order valence-electron chi connectivity index (χ2n) is 4.79. The Hall–Kier alpha value is -2.61. The van der Waals surface area contributed by atoms with E-state index in [1.807, 2.05) is 0 Å². The van der Waals surface area contributed by atoms with Crippen LogP contribution in [-0.4, -0.2) is 18.3 Å². The molecule has 2 aromatic carbocycles. The van der Waals surface area contributed by atoms with Gasteiger partial charge in [0, 0.05) is 20.5 Å². The Labute approximate surface area is 153 Å². The molecule has 10 heteroatoms. The van der Waals surface area contributed by atoms with Gasteiger partial charge in [-0.05, 0) is 17.9 Å². The van der Waals surface area contributed by atoms with Crippen molar-refractivity contribution in [3.05, 3.63) is 92.3 Å². The van der Waals surface area contributed by atoms with Gasteiger partial charge in [0.05, 0.1) is 34.2 Å². The fourth-order valence-corrected chi connectivity index (χ4v) is 2.85. The molecule has 0 aromatic heterocycles. The lowest BCUT2D eigenvalue weighted by atomic mass is 10.2. The number of benzene rings is 2. The van der Waals surface area contributed by atoms with Crippen LogP contribution >= 0.6 is 8.38 Å². The summed E-state index contributed by atoms with van der Waals surface area (Å²) in [5, 5.41) is 22.0. The minimum absolute atomic E-state index is 0. The van der Waals surface area contributed by atoms with Crippen molar-refractivity contribution in [2.24, 2.45) is 0 Å². The zero-order valence-corrected chi connectivity index (χ0v) is 14.6. The molecule has 2 aromatic rings. The topological polar surface area (TPSA) is 105 Å². The van der Waals surface area contributed by atoms with Crippen molar-refractivity contribution in [3.63, 3.8) is 0 Å². The second-order valence-corrected chi connectivity index (χ2v) is 6.24. The molecule has 2 rings (SSSR count). The van der Waals surface area contributed by atoms with Gasteiger partial charge in [-0.1, -0.05) is 30.8 Å². The first-order valence-electron chi connectivity index (χ1n) is 7.15. The monoisotopic (exact) mass is 373 g/mol. The maximum atomic E-state index is 11.0. The Morgan fingerprint density at radius 2 is 1.27 bits per heavy atom. The third-order valence-electron chi connectivity index (χ3n) is 3.22. The van der Waals surface area contributed by atoms with Gasteiger partial charge in [0.1, 0.15) is 0 Å². The standard InChI is InChI=1S/C16H15N2O6P.B/c1-2-25(23-11-13-7-3-5-9-15(13)17(19)20)24-12-14-8-4-6-10-16(14)18(21)22;/h2-10H,1,11-12H2;. The van der Waals surface area contributed by atoms with E-state index in [1.54, 1.807) is 36.4 Å². The number of hydrogen-bond donors (Lipinski definition) is 0. The fourth-order valence-electron chi connectivity index (χ4n) is 2.03. The van der Waals surface area contributed by atoms with Crippen molar-refractivity contribution in [3.8, 4) is 0 Å². The lowest BCUT2D eigenvalue weighted by Crippen LogP contribution is -1.99. The molecule has 26 heavy (non-hydrogen) atoms. The summed E-state index contributed by atoms with van der Waals surface area (Å²) >= 11 is 0. The summed E-state index contributed by atoms with van der Waals surface area (Å²) in [6, 6.07) is 12.5. The number of rotatable bonds is 9. The SMILES string of the molecule is C=CP(OCc1ccccc1[N+](=O)[O-])OCc1ccccc1[N+](=O)[O-].[B]. The van der Waals surface area contributed by atoms with Gasteiger partial charge in [-0.25, -0.2) is 0 Å². The van der Waals surface area contributed by atoms with Crippen LogP contribution in [0.15, 0.2) is 60.9 Å². The smallest absolute Gasteiger partial charge is 0.274 e. The van der Waals surface area contributed by atoms with Crippen molar-refractivity contribution in [2.45, 2.75) is 13.2 Å². The highest BCUT2D eigenvalue weighted by molar-refractivity contribution is 7.50. The highest BCUT2D eigenvalue weighted by atomic mass is 31.2. The molecule has 0 saturated heterocycles. The lowest BCUT2D eigenvalue weighted by molar-refractivity contribution is -0.385. The van der Waals surface area contributed by atoms with Crippen LogP contribution in [0.5, 0.6) is 0 Å². The van der Waals surface area contributed by atoms with Crippen LogP contribution in [0, 0.1) is 20.2 Å². The molecule has 0 aliphatic heterocycles. The highest BCUT2D eigenvalue weighted by Crippen LogP contribution is 2.42. The largest absolute Gasteiger partial charge is 0.326 e. The number of para-hydroxylation sites is 2. The first-order valence-corrected chi connectivity index (χ1v) is 8.39. The van der Waals surface area contributed by atoms with Gasteiger partial charge in [0.15, 0.2) is 8.38 Å². The minimum Gasteiger partial charge on any atom is -0.326 e. The van der Waals surface area contributed by atoms with Crippen LogP contribution in [0.4, 0.5) is 11.4 Å². The summed E-state index contributed by atoms with van der Waals surface area (Å²) in [4.78, 5) is 21.0. The average molecular weight is 373 g/mol. The molecule has 0 bridgehead atoms. The van der Waals surface area contributed by atoms with Gasteiger partial charge in [0.25, 0.3) is 11.4 Å². The Morgan fingerprint density at radius 1 is 0.885 bits per heavy atom. The third kappa shape index (κ3) is 5.73. The normalized spacial score (nSPS) is 10.2. The van der Waals surface area contributed by atoms with E-state index >= 15 is 0 Å². The summed E-state index contributed by atoms with van der Waals surface area (Å²) in [6.45, 7) is 3.57. The van der Waals surface area contributed by atoms with Gasteiger partial charge in [-0.3, -0.25) is 20.2 Å².